The lowest BCUT2D eigenvalue weighted by Crippen LogP contribution is -2.25. The first kappa shape index (κ1) is 10.6. The van der Waals surface area contributed by atoms with Crippen LogP contribution in [-0.2, 0) is 4.84 Å². The van der Waals surface area contributed by atoms with Crippen LogP contribution < -0.4 is 5.48 Å². The van der Waals surface area contributed by atoms with Crippen molar-refractivity contribution < 1.29 is 14.7 Å². The summed E-state index contributed by atoms with van der Waals surface area (Å²) in [6, 6.07) is 5.08. The van der Waals surface area contributed by atoms with Crippen molar-refractivity contribution in [3.8, 4) is 0 Å². The number of H-pyrrole nitrogens is 1. The summed E-state index contributed by atoms with van der Waals surface area (Å²) in [5.41, 5.74) is 4.28. The number of benzene rings is 1. The minimum absolute atomic E-state index is 0.0675. The number of hydroxylamine groups is 1. The fraction of sp³-hybridized carbons (Fsp3) is 0.200. The van der Waals surface area contributed by atoms with Gasteiger partial charge in [0.25, 0.3) is 5.91 Å². The Hall–Kier alpha value is -1.92. The number of carbonyl (C=O) groups is 1. The van der Waals surface area contributed by atoms with Gasteiger partial charge in [-0.2, -0.15) is 0 Å². The van der Waals surface area contributed by atoms with E-state index < -0.39 is 0 Å². The van der Waals surface area contributed by atoms with E-state index in [0.717, 1.165) is 11.0 Å². The van der Waals surface area contributed by atoms with Crippen molar-refractivity contribution in [2.24, 2.45) is 0 Å². The van der Waals surface area contributed by atoms with Crippen molar-refractivity contribution in [2.45, 2.75) is 0 Å². The van der Waals surface area contributed by atoms with Crippen molar-refractivity contribution in [3.63, 3.8) is 0 Å². The third kappa shape index (κ3) is 2.18. The van der Waals surface area contributed by atoms with E-state index in [-0.39, 0.29) is 19.1 Å². The van der Waals surface area contributed by atoms with Crippen molar-refractivity contribution in [2.75, 3.05) is 13.2 Å². The van der Waals surface area contributed by atoms with Crippen molar-refractivity contribution in [3.05, 3.63) is 30.1 Å². The van der Waals surface area contributed by atoms with Gasteiger partial charge in [-0.3, -0.25) is 9.63 Å². The lowest BCUT2D eigenvalue weighted by molar-refractivity contribution is 0.0168. The maximum Gasteiger partial charge on any atom is 0.274 e. The predicted molar refractivity (Wildman–Crippen MR) is 56.6 cm³/mol. The fourth-order valence-corrected chi connectivity index (χ4v) is 1.30. The van der Waals surface area contributed by atoms with Crippen LogP contribution in [0.2, 0.25) is 0 Å². The van der Waals surface area contributed by atoms with Crippen LogP contribution in [0.25, 0.3) is 11.0 Å². The summed E-state index contributed by atoms with van der Waals surface area (Å²) in [5, 5.41) is 8.47. The van der Waals surface area contributed by atoms with Crippen molar-refractivity contribution in [1.29, 1.82) is 0 Å². The molecule has 0 saturated carbocycles. The van der Waals surface area contributed by atoms with Gasteiger partial charge in [0.15, 0.2) is 0 Å². The fourth-order valence-electron chi connectivity index (χ4n) is 1.30. The summed E-state index contributed by atoms with van der Waals surface area (Å²) in [7, 11) is 0. The van der Waals surface area contributed by atoms with Gasteiger partial charge in [-0.25, -0.2) is 10.5 Å². The zero-order valence-corrected chi connectivity index (χ0v) is 8.43. The molecule has 2 aromatic rings. The molecule has 16 heavy (non-hydrogen) atoms. The number of fused-ring (bicyclic) bond motifs is 1. The van der Waals surface area contributed by atoms with Crippen molar-refractivity contribution in [1.82, 2.24) is 15.4 Å². The van der Waals surface area contributed by atoms with Gasteiger partial charge in [-0.15, -0.1) is 0 Å². The number of nitrogens with zero attached hydrogens (tertiary/aromatic N) is 1. The lowest BCUT2D eigenvalue weighted by atomic mass is 10.2. The molecule has 0 radical (unpaired) electrons. The summed E-state index contributed by atoms with van der Waals surface area (Å²) in [5.74, 6) is -0.357. The minimum Gasteiger partial charge on any atom is -0.394 e. The second kappa shape index (κ2) is 4.73. The Morgan fingerprint density at radius 2 is 2.44 bits per heavy atom. The second-order valence-electron chi connectivity index (χ2n) is 3.14. The molecule has 6 heteroatoms. The van der Waals surface area contributed by atoms with Crippen LogP contribution in [-0.4, -0.2) is 34.2 Å². The van der Waals surface area contributed by atoms with Gasteiger partial charge in [-0.1, -0.05) is 0 Å². The molecular formula is C10H11N3O3. The Kier molecular flexibility index (Phi) is 3.13. The Morgan fingerprint density at radius 1 is 1.56 bits per heavy atom. The maximum atomic E-state index is 11.5. The number of aliphatic hydroxyl groups is 1. The lowest BCUT2D eigenvalue weighted by Gasteiger charge is -2.04. The number of aromatic nitrogens is 2. The van der Waals surface area contributed by atoms with E-state index in [2.05, 4.69) is 15.4 Å². The van der Waals surface area contributed by atoms with Gasteiger partial charge in [0.1, 0.15) is 0 Å². The first-order chi connectivity index (χ1) is 7.81. The number of amides is 1. The average molecular weight is 221 g/mol. The Morgan fingerprint density at radius 3 is 3.25 bits per heavy atom. The van der Waals surface area contributed by atoms with E-state index in [1.807, 2.05) is 0 Å². The molecule has 0 aliphatic carbocycles. The summed E-state index contributed by atoms with van der Waals surface area (Å²) in [6.07, 6.45) is 1.56. The molecule has 1 aromatic heterocycles. The van der Waals surface area contributed by atoms with Gasteiger partial charge in [-0.05, 0) is 18.2 Å². The summed E-state index contributed by atoms with van der Waals surface area (Å²) in [4.78, 5) is 23.2. The molecule has 0 spiro atoms. The molecule has 0 fully saturated rings. The minimum atomic E-state index is -0.357. The van der Waals surface area contributed by atoms with E-state index >= 15 is 0 Å². The summed E-state index contributed by atoms with van der Waals surface area (Å²) in [6.45, 7) is -0.0715. The number of nitrogens with one attached hydrogen (secondary N) is 2. The van der Waals surface area contributed by atoms with E-state index in [0.29, 0.717) is 5.56 Å². The predicted octanol–water partition coefficient (Wildman–Crippen LogP) is 0.217. The molecule has 1 amide bonds. The summed E-state index contributed by atoms with van der Waals surface area (Å²) < 4.78 is 0. The van der Waals surface area contributed by atoms with Crippen LogP contribution in [0.5, 0.6) is 0 Å². The zero-order valence-electron chi connectivity index (χ0n) is 8.43. The third-order valence-electron chi connectivity index (χ3n) is 2.04. The van der Waals surface area contributed by atoms with Gasteiger partial charge in [0.2, 0.25) is 0 Å². The molecule has 0 aliphatic heterocycles. The molecule has 84 valence electrons. The summed E-state index contributed by atoms with van der Waals surface area (Å²) >= 11 is 0. The topological polar surface area (TPSA) is 87.2 Å². The molecule has 0 aliphatic rings. The van der Waals surface area contributed by atoms with Gasteiger partial charge in [0.05, 0.1) is 30.6 Å². The Balaban J connectivity index is 2.10. The molecule has 0 saturated heterocycles. The van der Waals surface area contributed by atoms with Crippen LogP contribution in [0.4, 0.5) is 0 Å². The van der Waals surface area contributed by atoms with E-state index in [9.17, 15) is 4.79 Å². The molecule has 1 heterocycles. The number of aromatic amines is 1. The van der Waals surface area contributed by atoms with Crippen molar-refractivity contribution >= 4 is 16.9 Å². The first-order valence-corrected chi connectivity index (χ1v) is 4.77. The van der Waals surface area contributed by atoms with Crippen LogP contribution in [0.3, 0.4) is 0 Å². The molecule has 1 aromatic carbocycles. The number of imidazole rings is 1. The van der Waals surface area contributed by atoms with Gasteiger partial charge >= 0.3 is 0 Å². The molecule has 2 rings (SSSR count). The zero-order chi connectivity index (χ0) is 11.4. The van der Waals surface area contributed by atoms with Crippen LogP contribution in [0.1, 0.15) is 10.4 Å². The maximum absolute atomic E-state index is 11.5. The molecule has 6 nitrogen and oxygen atoms in total. The largest absolute Gasteiger partial charge is 0.394 e. The standard InChI is InChI=1S/C10H11N3O3/c14-3-4-16-13-10(15)7-1-2-8-9(5-7)12-6-11-8/h1-2,5-6,14H,3-4H2,(H,11,12)(H,13,15). The van der Waals surface area contributed by atoms with Crippen LogP contribution in [0.15, 0.2) is 24.5 Å². The molecule has 0 atom stereocenters. The van der Waals surface area contributed by atoms with Gasteiger partial charge < -0.3 is 10.1 Å². The highest BCUT2D eigenvalue weighted by atomic mass is 16.7. The highest BCUT2D eigenvalue weighted by Gasteiger charge is 2.06. The number of aliphatic hydroxyl groups excluding tert-OH is 1. The Labute approximate surface area is 91.2 Å². The number of hydrogen-bond acceptors (Lipinski definition) is 4. The van der Waals surface area contributed by atoms with E-state index in [1.54, 1.807) is 24.5 Å². The number of rotatable bonds is 4. The normalized spacial score (nSPS) is 10.6. The Bertz CT molecular complexity index is 495. The second-order valence-corrected chi connectivity index (χ2v) is 3.14. The van der Waals surface area contributed by atoms with Gasteiger partial charge in [0, 0.05) is 5.56 Å². The molecule has 0 bridgehead atoms. The number of carbonyl (C=O) groups excluding carboxylic acids is 1. The van der Waals surface area contributed by atoms with Crippen LogP contribution >= 0.6 is 0 Å². The molecular weight excluding hydrogens is 210 g/mol. The molecule has 0 unspecified atom stereocenters. The van der Waals surface area contributed by atoms with E-state index in [1.165, 1.54) is 0 Å². The monoisotopic (exact) mass is 221 g/mol. The quantitative estimate of drug-likeness (QED) is 0.509. The number of hydrogen-bond donors (Lipinski definition) is 3. The average Bonchev–Trinajstić information content (AvgIpc) is 2.76. The highest BCUT2D eigenvalue weighted by Crippen LogP contribution is 2.11. The third-order valence-corrected chi connectivity index (χ3v) is 2.04. The smallest absolute Gasteiger partial charge is 0.274 e. The highest BCUT2D eigenvalue weighted by molar-refractivity contribution is 5.96. The van der Waals surface area contributed by atoms with Crippen LogP contribution in [0, 0.1) is 0 Å². The molecule has 3 N–H and O–H groups in total. The SMILES string of the molecule is O=C(NOCCO)c1ccc2nc[nH]c2c1. The van der Waals surface area contributed by atoms with E-state index in [4.69, 9.17) is 9.94 Å². The first-order valence-electron chi connectivity index (χ1n) is 4.77.